The van der Waals surface area contributed by atoms with Crippen LogP contribution >= 0.6 is 28.1 Å². The van der Waals surface area contributed by atoms with Gasteiger partial charge in [0.15, 0.2) is 4.77 Å². The largest absolute Gasteiger partial charge is 0.370 e. The third-order valence-electron chi connectivity index (χ3n) is 2.62. The molecule has 1 amide bonds. The molecule has 0 aliphatic rings. The Labute approximate surface area is 116 Å². The fourth-order valence-electron chi connectivity index (χ4n) is 1.79. The summed E-state index contributed by atoms with van der Waals surface area (Å²) in [5, 5.41) is 0. The number of aryl methyl sites for hydroxylation is 1. The molecule has 1 aromatic carbocycles. The number of nitrogens with one attached hydrogen (secondary N) is 1. The zero-order valence-electron chi connectivity index (χ0n) is 9.37. The van der Waals surface area contributed by atoms with E-state index in [2.05, 4.69) is 20.9 Å². The summed E-state index contributed by atoms with van der Waals surface area (Å²) in [7, 11) is 0. The molecule has 2 rings (SSSR count). The van der Waals surface area contributed by atoms with E-state index in [1.54, 1.807) is 10.6 Å². The molecule has 0 spiro atoms. The number of amides is 1. The SMILES string of the molecule is NC(=O)CCCn1c(=S)[nH]c2cc(Br)c(F)cc21. The number of aromatic nitrogens is 2. The lowest BCUT2D eigenvalue weighted by Gasteiger charge is -2.03. The number of primary amides is 1. The molecule has 0 saturated carbocycles. The van der Waals surface area contributed by atoms with Gasteiger partial charge in [-0.05, 0) is 40.6 Å². The minimum atomic E-state index is -0.352. The average Bonchev–Trinajstić information content (AvgIpc) is 2.56. The molecule has 0 aliphatic heterocycles. The van der Waals surface area contributed by atoms with Crippen molar-refractivity contribution in [3.05, 3.63) is 27.2 Å². The number of aromatic amines is 1. The predicted octanol–water partition coefficient (Wildman–Crippen LogP) is 2.87. The first-order valence-corrected chi connectivity index (χ1v) is 6.55. The van der Waals surface area contributed by atoms with Crippen LogP contribution < -0.4 is 5.73 Å². The maximum Gasteiger partial charge on any atom is 0.217 e. The fourth-order valence-corrected chi connectivity index (χ4v) is 2.43. The van der Waals surface area contributed by atoms with Crippen molar-refractivity contribution in [2.45, 2.75) is 19.4 Å². The second kappa shape index (κ2) is 5.19. The van der Waals surface area contributed by atoms with Crippen LogP contribution in [-0.4, -0.2) is 15.5 Å². The highest BCUT2D eigenvalue weighted by atomic mass is 79.9. The number of nitrogens with zero attached hydrogens (tertiary/aromatic N) is 1. The van der Waals surface area contributed by atoms with Crippen LogP contribution in [0.5, 0.6) is 0 Å². The number of carbonyl (C=O) groups excluding carboxylic acids is 1. The highest BCUT2D eigenvalue weighted by Crippen LogP contribution is 2.23. The van der Waals surface area contributed by atoms with Crippen molar-refractivity contribution in [1.82, 2.24) is 9.55 Å². The lowest BCUT2D eigenvalue weighted by atomic mass is 10.2. The number of fused-ring (bicyclic) bond motifs is 1. The van der Waals surface area contributed by atoms with Crippen molar-refractivity contribution in [2.75, 3.05) is 0 Å². The lowest BCUT2D eigenvalue weighted by Crippen LogP contribution is -2.11. The van der Waals surface area contributed by atoms with Crippen molar-refractivity contribution < 1.29 is 9.18 Å². The number of H-pyrrole nitrogens is 1. The third kappa shape index (κ3) is 2.62. The number of imidazole rings is 1. The van der Waals surface area contributed by atoms with Gasteiger partial charge in [-0.2, -0.15) is 0 Å². The fraction of sp³-hybridized carbons (Fsp3) is 0.273. The van der Waals surface area contributed by atoms with E-state index in [4.69, 9.17) is 18.0 Å². The van der Waals surface area contributed by atoms with Crippen molar-refractivity contribution in [2.24, 2.45) is 5.73 Å². The molecule has 0 radical (unpaired) electrons. The van der Waals surface area contributed by atoms with E-state index in [9.17, 15) is 9.18 Å². The summed E-state index contributed by atoms with van der Waals surface area (Å²) in [6, 6.07) is 3.06. The number of nitrogens with two attached hydrogens (primary N) is 1. The Morgan fingerprint density at radius 3 is 2.94 bits per heavy atom. The van der Waals surface area contributed by atoms with Gasteiger partial charge in [0.2, 0.25) is 5.91 Å². The summed E-state index contributed by atoms with van der Waals surface area (Å²) in [6.07, 6.45) is 0.863. The Morgan fingerprint density at radius 1 is 1.56 bits per heavy atom. The minimum absolute atomic E-state index is 0.285. The normalized spacial score (nSPS) is 11.0. The molecule has 0 atom stereocenters. The second-order valence-corrected chi connectivity index (χ2v) is 5.18. The molecule has 3 N–H and O–H groups in total. The van der Waals surface area contributed by atoms with Gasteiger partial charge in [-0.15, -0.1) is 0 Å². The quantitative estimate of drug-likeness (QED) is 0.846. The van der Waals surface area contributed by atoms with Crippen LogP contribution in [0.15, 0.2) is 16.6 Å². The highest BCUT2D eigenvalue weighted by molar-refractivity contribution is 9.10. The molecule has 0 aliphatic carbocycles. The van der Waals surface area contributed by atoms with Gasteiger partial charge in [0, 0.05) is 19.0 Å². The van der Waals surface area contributed by atoms with E-state index in [1.807, 2.05) is 0 Å². The Balaban J connectivity index is 2.37. The molecular formula is C11H11BrFN3OS. The number of carbonyl (C=O) groups is 1. The average molecular weight is 332 g/mol. The van der Waals surface area contributed by atoms with E-state index in [-0.39, 0.29) is 18.1 Å². The summed E-state index contributed by atoms with van der Waals surface area (Å²) < 4.78 is 16.2. The Bertz CT molecular complexity index is 664. The van der Waals surface area contributed by atoms with E-state index < -0.39 is 0 Å². The third-order valence-corrected chi connectivity index (χ3v) is 3.55. The van der Waals surface area contributed by atoms with Crippen LogP contribution in [0.4, 0.5) is 4.39 Å². The predicted molar refractivity (Wildman–Crippen MR) is 73.2 cm³/mol. The van der Waals surface area contributed by atoms with Crippen LogP contribution in [0.25, 0.3) is 11.0 Å². The van der Waals surface area contributed by atoms with Crippen molar-refractivity contribution in [3.8, 4) is 0 Å². The lowest BCUT2D eigenvalue weighted by molar-refractivity contribution is -0.118. The Kier molecular flexibility index (Phi) is 3.82. The van der Waals surface area contributed by atoms with Crippen LogP contribution in [0, 0.1) is 10.6 Å². The first kappa shape index (κ1) is 13.2. The molecule has 2 aromatic rings. The minimum Gasteiger partial charge on any atom is -0.370 e. The van der Waals surface area contributed by atoms with Gasteiger partial charge in [0.1, 0.15) is 5.82 Å². The molecular weight excluding hydrogens is 321 g/mol. The van der Waals surface area contributed by atoms with Crippen molar-refractivity contribution in [1.29, 1.82) is 0 Å². The molecule has 7 heteroatoms. The number of hydrogen-bond donors (Lipinski definition) is 2. The standard InChI is InChI=1S/C11H11BrFN3OS/c12-6-4-8-9(5-7(6)13)16(11(18)15-8)3-1-2-10(14)17/h4-5H,1-3H2,(H2,14,17)(H,15,18). The van der Waals surface area contributed by atoms with Gasteiger partial charge in [0.05, 0.1) is 15.5 Å². The van der Waals surface area contributed by atoms with Gasteiger partial charge in [-0.1, -0.05) is 0 Å². The number of hydrogen-bond acceptors (Lipinski definition) is 2. The number of rotatable bonds is 4. The molecule has 4 nitrogen and oxygen atoms in total. The van der Waals surface area contributed by atoms with Crippen LogP contribution in [0.3, 0.4) is 0 Å². The van der Waals surface area contributed by atoms with E-state index in [1.165, 1.54) is 6.07 Å². The first-order chi connectivity index (χ1) is 8.49. The van der Waals surface area contributed by atoms with E-state index in [0.29, 0.717) is 27.7 Å². The molecule has 18 heavy (non-hydrogen) atoms. The molecule has 1 aromatic heterocycles. The van der Waals surface area contributed by atoms with Crippen LogP contribution in [0.2, 0.25) is 0 Å². The van der Waals surface area contributed by atoms with E-state index >= 15 is 0 Å². The zero-order chi connectivity index (χ0) is 13.3. The molecule has 0 fully saturated rings. The molecule has 96 valence electrons. The molecule has 0 saturated heterocycles. The van der Waals surface area contributed by atoms with Crippen LogP contribution in [-0.2, 0) is 11.3 Å². The smallest absolute Gasteiger partial charge is 0.217 e. The summed E-state index contributed by atoms with van der Waals surface area (Å²) >= 11 is 8.29. The zero-order valence-corrected chi connectivity index (χ0v) is 11.8. The van der Waals surface area contributed by atoms with Gasteiger partial charge in [-0.3, -0.25) is 4.79 Å². The second-order valence-electron chi connectivity index (χ2n) is 3.94. The van der Waals surface area contributed by atoms with Gasteiger partial charge in [0.25, 0.3) is 0 Å². The van der Waals surface area contributed by atoms with Crippen LogP contribution in [0.1, 0.15) is 12.8 Å². The highest BCUT2D eigenvalue weighted by Gasteiger charge is 2.09. The van der Waals surface area contributed by atoms with Gasteiger partial charge >= 0.3 is 0 Å². The number of benzene rings is 1. The summed E-state index contributed by atoms with van der Waals surface area (Å²) in [5.41, 5.74) is 6.52. The topological polar surface area (TPSA) is 63.8 Å². The maximum atomic E-state index is 13.5. The monoisotopic (exact) mass is 331 g/mol. The summed E-state index contributed by atoms with van der Waals surface area (Å²) in [4.78, 5) is 13.7. The maximum absolute atomic E-state index is 13.5. The van der Waals surface area contributed by atoms with Crippen molar-refractivity contribution >= 4 is 45.1 Å². The molecule has 0 bridgehead atoms. The van der Waals surface area contributed by atoms with Crippen molar-refractivity contribution in [3.63, 3.8) is 0 Å². The summed E-state index contributed by atoms with van der Waals surface area (Å²) in [6.45, 7) is 0.531. The summed E-state index contributed by atoms with van der Waals surface area (Å²) in [5.74, 6) is -0.699. The van der Waals surface area contributed by atoms with Gasteiger partial charge < -0.3 is 15.3 Å². The first-order valence-electron chi connectivity index (χ1n) is 5.35. The van der Waals surface area contributed by atoms with Gasteiger partial charge in [-0.25, -0.2) is 4.39 Å². The Hall–Kier alpha value is -1.21. The molecule has 1 heterocycles. The Morgan fingerprint density at radius 2 is 2.28 bits per heavy atom. The molecule has 0 unspecified atom stereocenters. The van der Waals surface area contributed by atoms with E-state index in [0.717, 1.165) is 5.52 Å². The number of halogens is 2.